The Morgan fingerprint density at radius 3 is 2.67 bits per heavy atom. The first-order valence-electron chi connectivity index (χ1n) is 18.7. The number of unbranched alkanes of at least 4 members (excludes halogenated alkanes) is 1. The molecule has 3 aliphatic rings. The van der Waals surface area contributed by atoms with E-state index in [1.165, 1.54) is 12.7 Å². The Bertz CT molecular complexity index is 1750. The Kier molecular flexibility index (Phi) is 12.5. The molecule has 2 atom stereocenters. The maximum absolute atomic E-state index is 12.9. The summed E-state index contributed by atoms with van der Waals surface area (Å²) in [5.41, 5.74) is 14.8. The minimum Gasteiger partial charge on any atom is -0.477 e. The molecule has 1 aromatic carbocycles. The van der Waals surface area contributed by atoms with Crippen molar-refractivity contribution in [1.82, 2.24) is 24.6 Å². The number of azide groups is 1. The molecule has 0 spiro atoms. The number of pyridine rings is 1. The highest BCUT2D eigenvalue weighted by Crippen LogP contribution is 2.32. The number of piperazine rings is 1. The number of hydrogen-bond acceptors (Lipinski definition) is 10. The number of fused-ring (bicyclic) bond motifs is 1. The standard InChI is InChI=1S/C38H52N10O4/c1-27-19-28(2)48(43-27)34-21-31(20-33(23-34)46-15-17-47(18-16-46)36(49)8-4-5-13-41-44-39)32(22-37(50)51-3)25-45-14-11-29(24-45)26-52-35-10-9-30-7-6-12-40-38(30)42-35/h9-10,19-21,23,29,32H,4-8,11-18,22,24-26H2,1-3H3,(H,40,42)/t29-,32-/m1/s1. The van der Waals surface area contributed by atoms with Crippen LogP contribution in [0.1, 0.15) is 67.0 Å². The van der Waals surface area contributed by atoms with Gasteiger partial charge in [0.2, 0.25) is 11.8 Å². The fraction of sp³-hybridized carbons (Fsp3) is 0.579. The summed E-state index contributed by atoms with van der Waals surface area (Å²) in [7, 11) is 1.45. The van der Waals surface area contributed by atoms with E-state index in [0.29, 0.717) is 76.9 Å². The van der Waals surface area contributed by atoms with Crippen LogP contribution in [0, 0.1) is 19.8 Å². The molecule has 2 aromatic heterocycles. The highest BCUT2D eigenvalue weighted by molar-refractivity contribution is 5.76. The normalized spacial score (nSPS) is 17.9. The largest absolute Gasteiger partial charge is 0.477 e. The molecule has 6 rings (SSSR count). The molecule has 3 aliphatic heterocycles. The molecule has 0 saturated carbocycles. The molecule has 0 radical (unpaired) electrons. The number of methoxy groups -OCH3 is 1. The molecule has 1 amide bonds. The van der Waals surface area contributed by atoms with E-state index >= 15 is 0 Å². The van der Waals surface area contributed by atoms with Crippen molar-refractivity contribution in [3.05, 3.63) is 69.4 Å². The predicted octanol–water partition coefficient (Wildman–Crippen LogP) is 5.42. The number of aromatic nitrogens is 3. The monoisotopic (exact) mass is 712 g/mol. The van der Waals surface area contributed by atoms with Crippen LogP contribution in [0.5, 0.6) is 5.88 Å². The zero-order valence-electron chi connectivity index (χ0n) is 30.8. The molecule has 14 heteroatoms. The fourth-order valence-electron chi connectivity index (χ4n) is 7.62. The predicted molar refractivity (Wildman–Crippen MR) is 200 cm³/mol. The minimum atomic E-state index is -0.235. The lowest BCUT2D eigenvalue weighted by molar-refractivity contribution is -0.141. The summed E-state index contributed by atoms with van der Waals surface area (Å²) in [5.74, 6) is 1.78. The zero-order chi connectivity index (χ0) is 36.5. The number of likely N-dealkylation sites (tertiary alicyclic amines) is 1. The van der Waals surface area contributed by atoms with Crippen LogP contribution in [0.15, 0.2) is 41.5 Å². The molecule has 2 fully saturated rings. The van der Waals surface area contributed by atoms with Gasteiger partial charge in [-0.1, -0.05) is 5.11 Å². The Morgan fingerprint density at radius 2 is 1.90 bits per heavy atom. The Balaban J connectivity index is 1.15. The van der Waals surface area contributed by atoms with Gasteiger partial charge in [-0.3, -0.25) is 9.59 Å². The Morgan fingerprint density at radius 1 is 1.08 bits per heavy atom. The minimum absolute atomic E-state index is 0.0931. The van der Waals surface area contributed by atoms with Gasteiger partial charge in [-0.05, 0) is 99.5 Å². The third-order valence-corrected chi connectivity index (χ3v) is 10.4. The second-order valence-corrected chi connectivity index (χ2v) is 14.3. The summed E-state index contributed by atoms with van der Waals surface area (Å²) in [6.45, 7) is 11.2. The van der Waals surface area contributed by atoms with Gasteiger partial charge >= 0.3 is 5.97 Å². The summed E-state index contributed by atoms with van der Waals surface area (Å²) in [4.78, 5) is 40.0. The summed E-state index contributed by atoms with van der Waals surface area (Å²) < 4.78 is 13.4. The summed E-state index contributed by atoms with van der Waals surface area (Å²) in [6.07, 6.45) is 5.33. The molecule has 5 heterocycles. The van der Waals surface area contributed by atoms with Gasteiger partial charge in [-0.2, -0.15) is 10.1 Å². The Hall–Kier alpha value is -4.81. The van der Waals surface area contributed by atoms with Crippen LogP contribution >= 0.6 is 0 Å². The van der Waals surface area contributed by atoms with Crippen molar-refractivity contribution >= 4 is 23.4 Å². The van der Waals surface area contributed by atoms with Crippen LogP contribution in [-0.4, -0.2) is 109 Å². The number of benzene rings is 1. The van der Waals surface area contributed by atoms with E-state index in [9.17, 15) is 9.59 Å². The molecular weight excluding hydrogens is 660 g/mol. The van der Waals surface area contributed by atoms with E-state index in [1.54, 1.807) is 0 Å². The van der Waals surface area contributed by atoms with Crippen LogP contribution in [-0.2, 0) is 20.7 Å². The number of ether oxygens (including phenoxy) is 2. The van der Waals surface area contributed by atoms with E-state index in [4.69, 9.17) is 25.1 Å². The summed E-state index contributed by atoms with van der Waals surface area (Å²) in [6, 6.07) is 12.7. The number of nitrogens with one attached hydrogen (secondary N) is 1. The van der Waals surface area contributed by atoms with Crippen molar-refractivity contribution < 1.29 is 19.1 Å². The van der Waals surface area contributed by atoms with Gasteiger partial charge in [0.15, 0.2) is 0 Å². The molecule has 278 valence electrons. The first-order valence-corrected chi connectivity index (χ1v) is 18.7. The summed E-state index contributed by atoms with van der Waals surface area (Å²) >= 11 is 0. The highest BCUT2D eigenvalue weighted by atomic mass is 16.5. The van der Waals surface area contributed by atoms with Gasteiger partial charge < -0.3 is 29.5 Å². The zero-order valence-corrected chi connectivity index (χ0v) is 30.8. The lowest BCUT2D eigenvalue weighted by atomic mass is 9.93. The number of rotatable bonds is 15. The molecule has 14 nitrogen and oxygen atoms in total. The van der Waals surface area contributed by atoms with E-state index in [0.717, 1.165) is 73.0 Å². The molecule has 0 unspecified atom stereocenters. The fourth-order valence-corrected chi connectivity index (χ4v) is 7.62. The number of hydrogen-bond donors (Lipinski definition) is 1. The van der Waals surface area contributed by atoms with Crippen LogP contribution in [0.25, 0.3) is 16.1 Å². The van der Waals surface area contributed by atoms with Gasteiger partial charge in [0, 0.05) is 93.0 Å². The number of carbonyl (C=O) groups excluding carboxylic acids is 2. The number of carbonyl (C=O) groups is 2. The average molecular weight is 713 g/mol. The smallest absolute Gasteiger partial charge is 0.306 e. The Labute approximate surface area is 306 Å². The van der Waals surface area contributed by atoms with Gasteiger partial charge in [0.1, 0.15) is 5.82 Å². The number of esters is 1. The van der Waals surface area contributed by atoms with Crippen molar-refractivity contribution in [2.75, 3.05) is 82.8 Å². The maximum Gasteiger partial charge on any atom is 0.306 e. The van der Waals surface area contributed by atoms with Crippen LogP contribution in [0.4, 0.5) is 11.5 Å². The summed E-state index contributed by atoms with van der Waals surface area (Å²) in [5, 5.41) is 11.8. The molecule has 3 aromatic rings. The van der Waals surface area contributed by atoms with E-state index < -0.39 is 0 Å². The lowest BCUT2D eigenvalue weighted by Gasteiger charge is -2.37. The average Bonchev–Trinajstić information content (AvgIpc) is 3.77. The molecule has 2 saturated heterocycles. The third kappa shape index (κ3) is 9.54. The van der Waals surface area contributed by atoms with Crippen LogP contribution in [0.2, 0.25) is 0 Å². The molecule has 52 heavy (non-hydrogen) atoms. The maximum atomic E-state index is 12.9. The van der Waals surface area contributed by atoms with Crippen molar-refractivity contribution in [2.24, 2.45) is 11.0 Å². The first kappa shape index (κ1) is 37.0. The van der Waals surface area contributed by atoms with Crippen molar-refractivity contribution in [2.45, 2.75) is 64.7 Å². The van der Waals surface area contributed by atoms with Gasteiger partial charge in [-0.25, -0.2) is 4.68 Å². The van der Waals surface area contributed by atoms with E-state index in [1.807, 2.05) is 22.6 Å². The second-order valence-electron chi connectivity index (χ2n) is 14.3. The highest BCUT2D eigenvalue weighted by Gasteiger charge is 2.29. The van der Waals surface area contributed by atoms with Gasteiger partial charge in [0.05, 0.1) is 31.5 Å². The lowest BCUT2D eigenvalue weighted by Crippen LogP contribution is -2.48. The second kappa shape index (κ2) is 17.6. The van der Waals surface area contributed by atoms with E-state index in [2.05, 4.69) is 62.4 Å². The topological polar surface area (TPSA) is 154 Å². The first-order chi connectivity index (χ1) is 25.3. The number of aryl methyl sites for hydroxylation is 3. The molecule has 0 bridgehead atoms. The van der Waals surface area contributed by atoms with Crippen LogP contribution in [0.3, 0.4) is 0 Å². The third-order valence-electron chi connectivity index (χ3n) is 10.4. The van der Waals surface area contributed by atoms with Crippen molar-refractivity contribution in [1.29, 1.82) is 0 Å². The van der Waals surface area contributed by atoms with Crippen molar-refractivity contribution in [3.63, 3.8) is 0 Å². The number of nitrogens with zero attached hydrogens (tertiary/aromatic N) is 9. The van der Waals surface area contributed by atoms with Gasteiger partial charge in [-0.15, -0.1) is 0 Å². The number of amides is 1. The molecule has 0 aliphatic carbocycles. The van der Waals surface area contributed by atoms with Crippen molar-refractivity contribution in [3.8, 4) is 11.6 Å². The van der Waals surface area contributed by atoms with E-state index in [-0.39, 0.29) is 24.2 Å². The van der Waals surface area contributed by atoms with Gasteiger partial charge in [0.25, 0.3) is 0 Å². The van der Waals surface area contributed by atoms with Crippen LogP contribution < -0.4 is 15.0 Å². The molecular formula is C38H52N10O4. The molecule has 1 N–H and O–H groups in total. The number of anilines is 2. The quantitative estimate of drug-likeness (QED) is 0.0716. The SMILES string of the molecule is COC(=O)C[C@H](CN1CC[C@@H](COc2ccc3c(n2)NCCC3)C1)c1cc(N2CCN(C(=O)CCCCN=[N+]=[N-])CC2)cc(-n2nc(C)cc2C)c1.